The van der Waals surface area contributed by atoms with Crippen molar-refractivity contribution in [3.05, 3.63) is 30.1 Å². The van der Waals surface area contributed by atoms with Crippen LogP contribution >= 0.6 is 0 Å². The third-order valence-corrected chi connectivity index (χ3v) is 3.09. The maximum Gasteiger partial charge on any atom is 0.228 e. The number of nitrogens with one attached hydrogen (secondary N) is 1. The number of hydrogen-bond acceptors (Lipinski definition) is 4. The second-order valence-corrected chi connectivity index (χ2v) is 4.43. The van der Waals surface area contributed by atoms with E-state index in [0.717, 1.165) is 18.8 Å². The average Bonchev–Trinajstić information content (AvgIpc) is 2.33. The maximum absolute atomic E-state index is 12.2. The number of methoxy groups -OCH3 is 1. The molecule has 1 fully saturated rings. The van der Waals surface area contributed by atoms with Gasteiger partial charge in [0.15, 0.2) is 0 Å². The van der Waals surface area contributed by atoms with Crippen LogP contribution in [0.1, 0.15) is 5.69 Å². The van der Waals surface area contributed by atoms with Gasteiger partial charge in [-0.1, -0.05) is 6.07 Å². The molecule has 98 valence electrons. The first-order valence-electron chi connectivity index (χ1n) is 6.19. The van der Waals surface area contributed by atoms with E-state index in [1.54, 1.807) is 13.3 Å². The van der Waals surface area contributed by atoms with Crippen molar-refractivity contribution in [3.63, 3.8) is 0 Å². The third-order valence-electron chi connectivity index (χ3n) is 3.09. The monoisotopic (exact) mass is 249 g/mol. The van der Waals surface area contributed by atoms with E-state index in [1.807, 2.05) is 23.1 Å². The van der Waals surface area contributed by atoms with Crippen molar-refractivity contribution in [2.75, 3.05) is 33.4 Å². The zero-order valence-corrected chi connectivity index (χ0v) is 10.6. The van der Waals surface area contributed by atoms with Gasteiger partial charge in [0.05, 0.1) is 24.8 Å². The zero-order chi connectivity index (χ0) is 12.8. The molecule has 1 saturated heterocycles. The summed E-state index contributed by atoms with van der Waals surface area (Å²) in [5.74, 6) is 0.307. The van der Waals surface area contributed by atoms with Gasteiger partial charge in [-0.05, 0) is 12.1 Å². The summed E-state index contributed by atoms with van der Waals surface area (Å²) in [6.07, 6.45) is 1.75. The van der Waals surface area contributed by atoms with Crippen molar-refractivity contribution in [1.82, 2.24) is 15.2 Å². The smallest absolute Gasteiger partial charge is 0.228 e. The van der Waals surface area contributed by atoms with Gasteiger partial charge in [0.1, 0.15) is 0 Å². The van der Waals surface area contributed by atoms with E-state index < -0.39 is 0 Å². The summed E-state index contributed by atoms with van der Waals surface area (Å²) >= 11 is 0. The second-order valence-electron chi connectivity index (χ2n) is 4.43. The van der Waals surface area contributed by atoms with E-state index in [4.69, 9.17) is 4.74 Å². The molecule has 5 heteroatoms. The number of aromatic nitrogens is 1. The number of ether oxygens (including phenoxy) is 1. The molecule has 1 aromatic rings. The number of carbonyl (C=O) groups is 1. The fraction of sp³-hybridized carbons (Fsp3) is 0.538. The Hall–Kier alpha value is -1.46. The Balaban J connectivity index is 1.97. The minimum atomic E-state index is 0.116. The summed E-state index contributed by atoms with van der Waals surface area (Å²) in [6.45, 7) is 3.29. The van der Waals surface area contributed by atoms with Crippen molar-refractivity contribution in [3.8, 4) is 0 Å². The van der Waals surface area contributed by atoms with Gasteiger partial charge in [0.2, 0.25) is 5.91 Å². The van der Waals surface area contributed by atoms with Gasteiger partial charge in [0, 0.05) is 32.9 Å². The minimum absolute atomic E-state index is 0.116. The van der Waals surface area contributed by atoms with Crippen molar-refractivity contribution < 1.29 is 9.53 Å². The topological polar surface area (TPSA) is 54.5 Å². The van der Waals surface area contributed by atoms with Gasteiger partial charge in [-0.3, -0.25) is 9.78 Å². The normalized spacial score (nSPS) is 15.2. The summed E-state index contributed by atoms with van der Waals surface area (Å²) in [5.41, 5.74) is 0.911. The molecule has 0 bridgehead atoms. The lowest BCUT2D eigenvalue weighted by atomic mass is 10.0. The van der Waals surface area contributed by atoms with Gasteiger partial charge < -0.3 is 15.0 Å². The van der Waals surface area contributed by atoms with Crippen molar-refractivity contribution in [1.29, 1.82) is 0 Å². The number of hydrogen-bond donors (Lipinski definition) is 1. The first-order valence-corrected chi connectivity index (χ1v) is 6.19. The van der Waals surface area contributed by atoms with Crippen LogP contribution in [0.5, 0.6) is 0 Å². The molecule has 1 aliphatic rings. The molecule has 1 aromatic heterocycles. The quantitative estimate of drug-likeness (QED) is 0.786. The largest absolute Gasteiger partial charge is 0.383 e. The lowest BCUT2D eigenvalue weighted by Gasteiger charge is -2.32. The maximum atomic E-state index is 12.2. The number of carbonyl (C=O) groups excluding carboxylic acids is 1. The third kappa shape index (κ3) is 3.27. The fourth-order valence-corrected chi connectivity index (χ4v) is 1.88. The number of pyridine rings is 1. The molecule has 0 aliphatic carbocycles. The van der Waals surface area contributed by atoms with Crippen LogP contribution in [0.15, 0.2) is 24.4 Å². The minimum Gasteiger partial charge on any atom is -0.383 e. The Morgan fingerprint density at radius 2 is 2.39 bits per heavy atom. The Bertz CT molecular complexity index is 379. The molecular weight excluding hydrogens is 230 g/mol. The van der Waals surface area contributed by atoms with Crippen LogP contribution in [0.2, 0.25) is 0 Å². The molecule has 0 radical (unpaired) electrons. The Labute approximate surface area is 107 Å². The summed E-state index contributed by atoms with van der Waals surface area (Å²) < 4.78 is 5.06. The highest BCUT2D eigenvalue weighted by atomic mass is 16.5. The number of amides is 1. The number of rotatable bonds is 6. The molecule has 0 unspecified atom stereocenters. The summed E-state index contributed by atoms with van der Waals surface area (Å²) in [7, 11) is 1.65. The van der Waals surface area contributed by atoms with Gasteiger partial charge in [-0.2, -0.15) is 0 Å². The summed E-state index contributed by atoms with van der Waals surface area (Å²) in [5, 5.41) is 3.12. The highest BCUT2D eigenvalue weighted by Gasteiger charge is 2.29. The first kappa shape index (κ1) is 13.0. The van der Waals surface area contributed by atoms with E-state index in [0.29, 0.717) is 19.7 Å². The highest BCUT2D eigenvalue weighted by molar-refractivity contribution is 5.80. The van der Waals surface area contributed by atoms with Gasteiger partial charge in [0.25, 0.3) is 0 Å². The van der Waals surface area contributed by atoms with E-state index >= 15 is 0 Å². The van der Waals surface area contributed by atoms with Crippen LogP contribution in [-0.2, 0) is 16.1 Å². The highest BCUT2D eigenvalue weighted by Crippen LogP contribution is 2.11. The van der Waals surface area contributed by atoms with Crippen LogP contribution < -0.4 is 5.32 Å². The Morgan fingerprint density at radius 3 is 2.94 bits per heavy atom. The molecule has 18 heavy (non-hydrogen) atoms. The molecular formula is C13H19N3O2. The predicted molar refractivity (Wildman–Crippen MR) is 67.9 cm³/mol. The second kappa shape index (κ2) is 6.47. The average molecular weight is 249 g/mol. The van der Waals surface area contributed by atoms with E-state index in [-0.39, 0.29) is 11.8 Å². The van der Waals surface area contributed by atoms with Gasteiger partial charge in [-0.15, -0.1) is 0 Å². The zero-order valence-electron chi connectivity index (χ0n) is 10.6. The van der Waals surface area contributed by atoms with E-state index in [9.17, 15) is 4.79 Å². The molecule has 0 aromatic carbocycles. The lowest BCUT2D eigenvalue weighted by Crippen LogP contribution is -2.52. The molecule has 1 amide bonds. The fourth-order valence-electron chi connectivity index (χ4n) is 1.88. The molecule has 2 rings (SSSR count). The van der Waals surface area contributed by atoms with Crippen LogP contribution in [0.3, 0.4) is 0 Å². The van der Waals surface area contributed by atoms with Crippen LogP contribution in [0.4, 0.5) is 0 Å². The summed E-state index contributed by atoms with van der Waals surface area (Å²) in [4.78, 5) is 18.3. The SMILES string of the molecule is COCCN(Cc1ccccn1)C(=O)C1CNC1. The lowest BCUT2D eigenvalue weighted by molar-refractivity contribution is -0.138. The first-order chi connectivity index (χ1) is 8.81. The molecule has 0 saturated carbocycles. The molecule has 1 N–H and O–H groups in total. The van der Waals surface area contributed by atoms with E-state index in [1.165, 1.54) is 0 Å². The predicted octanol–water partition coefficient (Wildman–Crippen LogP) is 0.276. The van der Waals surface area contributed by atoms with Crippen molar-refractivity contribution in [2.24, 2.45) is 5.92 Å². The van der Waals surface area contributed by atoms with Gasteiger partial charge >= 0.3 is 0 Å². The number of nitrogens with zero attached hydrogens (tertiary/aromatic N) is 2. The Kier molecular flexibility index (Phi) is 4.66. The van der Waals surface area contributed by atoms with Crippen LogP contribution in [0.25, 0.3) is 0 Å². The van der Waals surface area contributed by atoms with E-state index in [2.05, 4.69) is 10.3 Å². The molecule has 0 spiro atoms. The molecule has 1 aliphatic heterocycles. The molecule has 0 atom stereocenters. The van der Waals surface area contributed by atoms with Crippen LogP contribution in [0, 0.1) is 5.92 Å². The van der Waals surface area contributed by atoms with Crippen molar-refractivity contribution in [2.45, 2.75) is 6.54 Å². The standard InChI is InChI=1S/C13H19N3O2/c1-18-7-6-16(13(17)11-8-14-9-11)10-12-4-2-3-5-15-12/h2-5,11,14H,6-10H2,1H3. The molecule has 2 heterocycles. The van der Waals surface area contributed by atoms with Crippen molar-refractivity contribution >= 4 is 5.91 Å². The Morgan fingerprint density at radius 1 is 1.56 bits per heavy atom. The van der Waals surface area contributed by atoms with Crippen LogP contribution in [-0.4, -0.2) is 49.1 Å². The molecule has 5 nitrogen and oxygen atoms in total. The summed E-state index contributed by atoms with van der Waals surface area (Å²) in [6, 6.07) is 5.75. The van der Waals surface area contributed by atoms with Gasteiger partial charge in [-0.25, -0.2) is 0 Å².